The zero-order chi connectivity index (χ0) is 20.0. The minimum absolute atomic E-state index is 0.0171. The number of hydrogen-bond acceptors (Lipinski definition) is 5. The molecule has 0 spiro atoms. The molecule has 0 aliphatic heterocycles. The summed E-state index contributed by atoms with van der Waals surface area (Å²) in [5.74, 6) is 0.0262. The van der Waals surface area contributed by atoms with Crippen LogP contribution >= 0.6 is 0 Å². The van der Waals surface area contributed by atoms with Crippen LogP contribution in [0.1, 0.15) is 5.56 Å². The van der Waals surface area contributed by atoms with E-state index in [4.69, 9.17) is 0 Å². The number of hydrogen-bond donors (Lipinski definition) is 1. The van der Waals surface area contributed by atoms with Crippen molar-refractivity contribution in [2.45, 2.75) is 0 Å². The van der Waals surface area contributed by atoms with Gasteiger partial charge >= 0.3 is 5.69 Å². The Labute approximate surface area is 158 Å². The average molecular weight is 376 g/mol. The standard InChI is InChI=1S/C20H16N4O4/c1-22-17-7-4-13(10-18(17)23(2)20(22)26)21-11-16-15-6-5-14(24(27)28)9-12(15)3-8-19(16)25/h3-11,25H,1-2H3. The molecule has 0 saturated carbocycles. The lowest BCUT2D eigenvalue weighted by molar-refractivity contribution is -0.384. The van der Waals surface area contributed by atoms with Crippen molar-refractivity contribution < 1.29 is 10.0 Å². The third-order valence-electron chi connectivity index (χ3n) is 4.83. The van der Waals surface area contributed by atoms with Crippen LogP contribution in [-0.2, 0) is 14.1 Å². The van der Waals surface area contributed by atoms with Crippen LogP contribution in [0.4, 0.5) is 11.4 Å². The largest absolute Gasteiger partial charge is 0.507 e. The van der Waals surface area contributed by atoms with Crippen LogP contribution in [0.3, 0.4) is 0 Å². The highest BCUT2D eigenvalue weighted by atomic mass is 16.6. The summed E-state index contributed by atoms with van der Waals surface area (Å²) >= 11 is 0. The van der Waals surface area contributed by atoms with Gasteiger partial charge < -0.3 is 5.11 Å². The zero-order valence-corrected chi connectivity index (χ0v) is 15.2. The van der Waals surface area contributed by atoms with Gasteiger partial charge in [0, 0.05) is 38.0 Å². The molecule has 1 N–H and O–H groups in total. The summed E-state index contributed by atoms with van der Waals surface area (Å²) in [4.78, 5) is 27.0. The first-order valence-electron chi connectivity index (χ1n) is 8.46. The number of non-ortho nitro benzene ring substituents is 1. The highest BCUT2D eigenvalue weighted by molar-refractivity contribution is 6.03. The van der Waals surface area contributed by atoms with Gasteiger partial charge in [0.1, 0.15) is 5.75 Å². The quantitative estimate of drug-likeness (QED) is 0.336. The lowest BCUT2D eigenvalue weighted by Gasteiger charge is -2.05. The number of aromatic hydroxyl groups is 1. The molecule has 28 heavy (non-hydrogen) atoms. The number of rotatable bonds is 3. The number of nitro groups is 1. The molecular weight excluding hydrogens is 360 g/mol. The van der Waals surface area contributed by atoms with Crippen LogP contribution in [0.25, 0.3) is 21.8 Å². The van der Waals surface area contributed by atoms with E-state index in [1.165, 1.54) is 24.4 Å². The second kappa shape index (κ2) is 6.34. The molecule has 140 valence electrons. The van der Waals surface area contributed by atoms with Gasteiger partial charge in [-0.15, -0.1) is 0 Å². The van der Waals surface area contributed by atoms with Crippen LogP contribution in [0.15, 0.2) is 58.3 Å². The second-order valence-corrected chi connectivity index (χ2v) is 6.49. The molecule has 3 aromatic carbocycles. The van der Waals surface area contributed by atoms with E-state index in [0.29, 0.717) is 22.0 Å². The van der Waals surface area contributed by atoms with Crippen molar-refractivity contribution in [3.63, 3.8) is 0 Å². The van der Waals surface area contributed by atoms with Crippen LogP contribution < -0.4 is 5.69 Å². The Hall–Kier alpha value is -3.94. The normalized spacial score (nSPS) is 11.6. The molecule has 0 aliphatic rings. The summed E-state index contributed by atoms with van der Waals surface area (Å²) < 4.78 is 3.11. The van der Waals surface area contributed by atoms with E-state index in [-0.39, 0.29) is 17.1 Å². The fraction of sp³-hybridized carbons (Fsp3) is 0.100. The van der Waals surface area contributed by atoms with Gasteiger partial charge in [0.2, 0.25) is 0 Å². The monoisotopic (exact) mass is 376 g/mol. The Balaban J connectivity index is 1.81. The van der Waals surface area contributed by atoms with E-state index in [9.17, 15) is 20.0 Å². The van der Waals surface area contributed by atoms with Gasteiger partial charge in [0.05, 0.1) is 21.6 Å². The van der Waals surface area contributed by atoms with Crippen LogP contribution in [0, 0.1) is 10.1 Å². The zero-order valence-electron chi connectivity index (χ0n) is 15.2. The molecule has 0 unspecified atom stereocenters. The maximum atomic E-state index is 12.1. The van der Waals surface area contributed by atoms with E-state index in [1.54, 1.807) is 47.5 Å². The van der Waals surface area contributed by atoms with E-state index in [0.717, 1.165) is 11.0 Å². The number of aliphatic imine (C=N–C) groups is 1. The molecule has 4 rings (SSSR count). The van der Waals surface area contributed by atoms with E-state index in [1.807, 2.05) is 6.07 Å². The molecule has 1 heterocycles. The van der Waals surface area contributed by atoms with Gasteiger partial charge in [0.15, 0.2) is 0 Å². The molecule has 8 heteroatoms. The topological polar surface area (TPSA) is 103 Å². The number of benzene rings is 3. The molecule has 0 atom stereocenters. The first-order valence-corrected chi connectivity index (χ1v) is 8.46. The fourth-order valence-electron chi connectivity index (χ4n) is 3.29. The maximum absolute atomic E-state index is 12.1. The van der Waals surface area contributed by atoms with Crippen molar-refractivity contribution in [3.8, 4) is 5.75 Å². The van der Waals surface area contributed by atoms with Crippen molar-refractivity contribution in [1.29, 1.82) is 0 Å². The molecule has 0 amide bonds. The molecule has 0 radical (unpaired) electrons. The molecule has 8 nitrogen and oxygen atoms in total. The van der Waals surface area contributed by atoms with Gasteiger partial charge in [-0.05, 0) is 41.1 Å². The van der Waals surface area contributed by atoms with Crippen molar-refractivity contribution >= 4 is 39.4 Å². The van der Waals surface area contributed by atoms with E-state index < -0.39 is 4.92 Å². The Bertz CT molecular complexity index is 1350. The van der Waals surface area contributed by atoms with Crippen molar-refractivity contribution in [1.82, 2.24) is 9.13 Å². The third kappa shape index (κ3) is 2.71. The van der Waals surface area contributed by atoms with Gasteiger partial charge in [-0.1, -0.05) is 6.07 Å². The summed E-state index contributed by atoms with van der Waals surface area (Å²) in [6, 6.07) is 12.9. The maximum Gasteiger partial charge on any atom is 0.328 e. The SMILES string of the molecule is Cn1c(=O)n(C)c2cc(N=Cc3c(O)ccc4cc([N+](=O)[O-])ccc34)ccc21. The third-order valence-corrected chi connectivity index (χ3v) is 4.83. The van der Waals surface area contributed by atoms with Crippen LogP contribution in [-0.4, -0.2) is 25.4 Å². The number of imidazole rings is 1. The molecule has 0 aliphatic carbocycles. The minimum Gasteiger partial charge on any atom is -0.507 e. The summed E-state index contributed by atoms with van der Waals surface area (Å²) in [6.07, 6.45) is 1.52. The summed E-state index contributed by atoms with van der Waals surface area (Å²) in [5, 5.41) is 22.5. The fourth-order valence-corrected chi connectivity index (χ4v) is 3.29. The van der Waals surface area contributed by atoms with E-state index in [2.05, 4.69) is 4.99 Å². The van der Waals surface area contributed by atoms with Crippen LogP contribution in [0.5, 0.6) is 5.75 Å². The van der Waals surface area contributed by atoms with Gasteiger partial charge in [-0.2, -0.15) is 0 Å². The molecule has 0 bridgehead atoms. The smallest absolute Gasteiger partial charge is 0.328 e. The number of aromatic nitrogens is 2. The first-order chi connectivity index (χ1) is 13.4. The van der Waals surface area contributed by atoms with Crippen molar-refractivity contribution in [2.24, 2.45) is 19.1 Å². The number of nitrogens with zero attached hydrogens (tertiary/aromatic N) is 4. The van der Waals surface area contributed by atoms with Gasteiger partial charge in [-0.3, -0.25) is 24.2 Å². The number of fused-ring (bicyclic) bond motifs is 2. The average Bonchev–Trinajstić information content (AvgIpc) is 2.90. The van der Waals surface area contributed by atoms with Crippen molar-refractivity contribution in [2.75, 3.05) is 0 Å². The van der Waals surface area contributed by atoms with E-state index >= 15 is 0 Å². The summed E-state index contributed by atoms with van der Waals surface area (Å²) in [6.45, 7) is 0. The number of phenolic OH excluding ortho intramolecular Hbond substituents is 1. The Kier molecular flexibility index (Phi) is 3.96. The van der Waals surface area contributed by atoms with Crippen LogP contribution in [0.2, 0.25) is 0 Å². The first kappa shape index (κ1) is 17.5. The highest BCUT2D eigenvalue weighted by Crippen LogP contribution is 2.29. The molecule has 4 aromatic rings. The number of nitro benzene ring substituents is 1. The Morgan fingerprint density at radius 2 is 1.79 bits per heavy atom. The van der Waals surface area contributed by atoms with Gasteiger partial charge in [0.25, 0.3) is 5.69 Å². The second-order valence-electron chi connectivity index (χ2n) is 6.49. The Morgan fingerprint density at radius 3 is 2.54 bits per heavy atom. The minimum atomic E-state index is -0.459. The predicted octanol–water partition coefficient (Wildman–Crippen LogP) is 3.39. The molecular formula is C20H16N4O4. The molecule has 1 aromatic heterocycles. The van der Waals surface area contributed by atoms with Gasteiger partial charge in [-0.25, -0.2) is 4.79 Å². The Morgan fingerprint density at radius 1 is 1.04 bits per heavy atom. The van der Waals surface area contributed by atoms with Crippen molar-refractivity contribution in [3.05, 3.63) is 74.7 Å². The predicted molar refractivity (Wildman–Crippen MR) is 108 cm³/mol. The molecule has 0 saturated heterocycles. The highest BCUT2D eigenvalue weighted by Gasteiger charge is 2.11. The number of aryl methyl sites for hydroxylation is 2. The number of phenols is 1. The summed E-state index contributed by atoms with van der Waals surface area (Å²) in [7, 11) is 3.41. The lowest BCUT2D eigenvalue weighted by atomic mass is 10.0. The lowest BCUT2D eigenvalue weighted by Crippen LogP contribution is -2.19. The summed E-state index contributed by atoms with van der Waals surface area (Å²) in [5.41, 5.74) is 2.49. The molecule has 0 fully saturated rings.